The molecule has 0 atom stereocenters. The van der Waals surface area contributed by atoms with Gasteiger partial charge in [0, 0.05) is 0 Å². The minimum atomic E-state index is -0.798. The Labute approximate surface area is 84.3 Å². The average Bonchev–Trinajstić information content (AvgIpc) is 2.44. The molecule has 78 valence electrons. The van der Waals surface area contributed by atoms with Crippen LogP contribution in [0, 0.1) is 5.82 Å². The van der Waals surface area contributed by atoms with Crippen molar-refractivity contribution < 1.29 is 18.4 Å². The lowest BCUT2D eigenvalue weighted by Crippen LogP contribution is -2.31. The van der Waals surface area contributed by atoms with Crippen LogP contribution in [0.2, 0.25) is 0 Å². The summed E-state index contributed by atoms with van der Waals surface area (Å²) in [5, 5.41) is 0. The maximum absolute atomic E-state index is 12.9. The van der Waals surface area contributed by atoms with Crippen LogP contribution < -0.4 is 4.90 Å². The molecule has 2 rings (SSSR count). The number of carbonyl (C=O) groups excluding carboxylic acids is 2. The number of ketones is 1. The summed E-state index contributed by atoms with van der Waals surface area (Å²) in [5.74, 6) is -2.06. The zero-order valence-corrected chi connectivity index (χ0v) is 7.67. The van der Waals surface area contributed by atoms with E-state index in [0.29, 0.717) is 0 Å². The molecule has 0 bridgehead atoms. The quantitative estimate of drug-likeness (QED) is 0.692. The van der Waals surface area contributed by atoms with Crippen LogP contribution in [0.4, 0.5) is 14.5 Å². The largest absolute Gasteiger partial charge is 0.302 e. The van der Waals surface area contributed by atoms with E-state index in [1.165, 1.54) is 6.07 Å². The molecule has 5 heteroatoms. The summed E-state index contributed by atoms with van der Waals surface area (Å²) in [7, 11) is 0. The first-order valence-corrected chi connectivity index (χ1v) is 4.37. The lowest BCUT2D eigenvalue weighted by atomic mass is 10.1. The first kappa shape index (κ1) is 9.76. The summed E-state index contributed by atoms with van der Waals surface area (Å²) in [6, 6.07) is 3.40. The van der Waals surface area contributed by atoms with Crippen molar-refractivity contribution in [1.82, 2.24) is 0 Å². The van der Waals surface area contributed by atoms with Gasteiger partial charge in [0.1, 0.15) is 12.5 Å². The average molecular weight is 211 g/mol. The SMILES string of the molecule is O=C1C(=O)N(CCF)c2cc(F)ccc21. The van der Waals surface area contributed by atoms with Crippen LogP contribution in [-0.2, 0) is 4.79 Å². The minimum absolute atomic E-state index is 0.134. The zero-order chi connectivity index (χ0) is 11.0. The third-order valence-corrected chi connectivity index (χ3v) is 2.24. The highest BCUT2D eigenvalue weighted by Crippen LogP contribution is 2.29. The van der Waals surface area contributed by atoms with Crippen molar-refractivity contribution in [3.63, 3.8) is 0 Å². The number of Topliss-reactive ketones (excluding diaryl/α,β-unsaturated/α-hetero) is 1. The molecule has 1 aromatic rings. The third kappa shape index (κ3) is 1.40. The Balaban J connectivity index is 2.51. The number of anilines is 1. The van der Waals surface area contributed by atoms with E-state index in [9.17, 15) is 18.4 Å². The van der Waals surface area contributed by atoms with Crippen LogP contribution in [0.1, 0.15) is 10.4 Å². The van der Waals surface area contributed by atoms with Gasteiger partial charge in [0.2, 0.25) is 0 Å². The van der Waals surface area contributed by atoms with Crippen LogP contribution in [0.5, 0.6) is 0 Å². The zero-order valence-electron chi connectivity index (χ0n) is 7.67. The standard InChI is InChI=1S/C10H7F2NO2/c11-3-4-13-8-5-6(12)1-2-7(8)9(14)10(13)15/h1-2,5H,3-4H2. The molecule has 15 heavy (non-hydrogen) atoms. The van der Waals surface area contributed by atoms with Gasteiger partial charge >= 0.3 is 0 Å². The second-order valence-corrected chi connectivity index (χ2v) is 3.14. The fraction of sp³-hybridized carbons (Fsp3) is 0.200. The van der Waals surface area contributed by atoms with E-state index in [0.717, 1.165) is 17.0 Å². The Hall–Kier alpha value is -1.78. The maximum Gasteiger partial charge on any atom is 0.299 e. The third-order valence-electron chi connectivity index (χ3n) is 2.24. The Morgan fingerprint density at radius 1 is 1.27 bits per heavy atom. The summed E-state index contributed by atoms with van der Waals surface area (Å²) < 4.78 is 25.0. The Kier molecular flexibility index (Phi) is 2.22. The van der Waals surface area contributed by atoms with E-state index in [1.807, 2.05) is 0 Å². The van der Waals surface area contributed by atoms with Gasteiger partial charge in [0.25, 0.3) is 11.7 Å². The van der Waals surface area contributed by atoms with Crippen LogP contribution in [0.3, 0.4) is 0 Å². The Morgan fingerprint density at radius 3 is 2.67 bits per heavy atom. The van der Waals surface area contributed by atoms with E-state index < -0.39 is 24.2 Å². The molecule has 0 unspecified atom stereocenters. The second-order valence-electron chi connectivity index (χ2n) is 3.14. The smallest absolute Gasteiger partial charge is 0.299 e. The summed E-state index contributed by atoms with van der Waals surface area (Å²) >= 11 is 0. The lowest BCUT2D eigenvalue weighted by Gasteiger charge is -2.13. The first-order chi connectivity index (χ1) is 7.15. The number of halogens is 2. The minimum Gasteiger partial charge on any atom is -0.302 e. The molecule has 1 aliphatic rings. The number of benzene rings is 1. The molecule has 0 saturated carbocycles. The molecule has 0 N–H and O–H groups in total. The van der Waals surface area contributed by atoms with Gasteiger partial charge in [0.05, 0.1) is 17.8 Å². The highest BCUT2D eigenvalue weighted by molar-refractivity contribution is 6.52. The van der Waals surface area contributed by atoms with Gasteiger partial charge in [-0.15, -0.1) is 0 Å². The number of amides is 1. The van der Waals surface area contributed by atoms with Crippen LogP contribution in [0.25, 0.3) is 0 Å². The maximum atomic E-state index is 12.9. The number of hydrogen-bond donors (Lipinski definition) is 0. The van der Waals surface area contributed by atoms with Crippen LogP contribution in [-0.4, -0.2) is 24.9 Å². The van der Waals surface area contributed by atoms with Crippen molar-refractivity contribution in [3.05, 3.63) is 29.6 Å². The van der Waals surface area contributed by atoms with E-state index in [-0.39, 0.29) is 17.8 Å². The normalized spacial score (nSPS) is 14.7. The van der Waals surface area contributed by atoms with Crippen molar-refractivity contribution in [1.29, 1.82) is 0 Å². The van der Waals surface area contributed by atoms with Crippen LogP contribution >= 0.6 is 0 Å². The van der Waals surface area contributed by atoms with Gasteiger partial charge in [-0.25, -0.2) is 8.78 Å². The molecular weight excluding hydrogens is 204 g/mol. The highest BCUT2D eigenvalue weighted by atomic mass is 19.1. The number of rotatable bonds is 2. The lowest BCUT2D eigenvalue weighted by molar-refractivity contribution is -0.114. The number of alkyl halides is 1. The predicted octanol–water partition coefficient (Wildman–Crippen LogP) is 1.32. The molecule has 1 aromatic carbocycles. The molecule has 0 saturated heterocycles. The van der Waals surface area contributed by atoms with Crippen molar-refractivity contribution in [2.24, 2.45) is 0 Å². The highest BCUT2D eigenvalue weighted by Gasteiger charge is 2.35. The number of hydrogen-bond acceptors (Lipinski definition) is 2. The fourth-order valence-electron chi connectivity index (χ4n) is 1.57. The van der Waals surface area contributed by atoms with Gasteiger partial charge in [0.15, 0.2) is 0 Å². The number of fused-ring (bicyclic) bond motifs is 1. The molecule has 0 aromatic heterocycles. The molecule has 0 aliphatic carbocycles. The monoisotopic (exact) mass is 211 g/mol. The van der Waals surface area contributed by atoms with Gasteiger partial charge in [-0.3, -0.25) is 9.59 Å². The van der Waals surface area contributed by atoms with E-state index >= 15 is 0 Å². The van der Waals surface area contributed by atoms with Gasteiger partial charge in [-0.2, -0.15) is 0 Å². The van der Waals surface area contributed by atoms with E-state index in [1.54, 1.807) is 0 Å². The Bertz CT molecular complexity index is 445. The van der Waals surface area contributed by atoms with Gasteiger partial charge < -0.3 is 4.90 Å². The number of nitrogens with zero attached hydrogens (tertiary/aromatic N) is 1. The molecule has 1 heterocycles. The van der Waals surface area contributed by atoms with Crippen molar-refractivity contribution >= 4 is 17.4 Å². The Morgan fingerprint density at radius 2 is 2.00 bits per heavy atom. The number of carbonyl (C=O) groups is 2. The van der Waals surface area contributed by atoms with E-state index in [4.69, 9.17) is 0 Å². The first-order valence-electron chi connectivity index (χ1n) is 4.37. The van der Waals surface area contributed by atoms with E-state index in [2.05, 4.69) is 0 Å². The van der Waals surface area contributed by atoms with Crippen molar-refractivity contribution in [3.8, 4) is 0 Å². The summed E-state index contributed by atoms with van der Waals surface area (Å²) in [4.78, 5) is 23.7. The molecule has 0 spiro atoms. The molecule has 0 radical (unpaired) electrons. The molecule has 3 nitrogen and oxygen atoms in total. The summed E-state index contributed by atoms with van der Waals surface area (Å²) in [6.45, 7) is -0.990. The molecular formula is C10H7F2NO2. The second kappa shape index (κ2) is 3.42. The summed E-state index contributed by atoms with van der Waals surface area (Å²) in [5.41, 5.74) is 0.289. The van der Waals surface area contributed by atoms with Crippen molar-refractivity contribution in [2.75, 3.05) is 18.1 Å². The molecule has 1 amide bonds. The predicted molar refractivity (Wildman–Crippen MR) is 49.1 cm³/mol. The van der Waals surface area contributed by atoms with Gasteiger partial charge in [-0.05, 0) is 18.2 Å². The van der Waals surface area contributed by atoms with Crippen LogP contribution in [0.15, 0.2) is 18.2 Å². The van der Waals surface area contributed by atoms with Crippen molar-refractivity contribution in [2.45, 2.75) is 0 Å². The topological polar surface area (TPSA) is 37.4 Å². The summed E-state index contributed by atoms with van der Waals surface area (Å²) in [6.07, 6.45) is 0. The molecule has 0 fully saturated rings. The molecule has 1 aliphatic heterocycles. The van der Waals surface area contributed by atoms with Gasteiger partial charge in [-0.1, -0.05) is 0 Å². The fourth-order valence-corrected chi connectivity index (χ4v) is 1.57.